The molecule has 0 fully saturated rings. The van der Waals surface area contributed by atoms with Crippen LogP contribution in [0.1, 0.15) is 5.56 Å². The van der Waals surface area contributed by atoms with Crippen LogP contribution in [0.3, 0.4) is 0 Å². The third kappa shape index (κ3) is 5.25. The lowest BCUT2D eigenvalue weighted by atomic mass is 10.2. The van der Waals surface area contributed by atoms with Crippen LogP contribution < -0.4 is 16.4 Å². The van der Waals surface area contributed by atoms with Crippen LogP contribution in [0.5, 0.6) is 0 Å². The minimum Gasteiger partial charge on any atom is -0.325 e. The van der Waals surface area contributed by atoms with Gasteiger partial charge >= 0.3 is 0 Å². The van der Waals surface area contributed by atoms with Crippen LogP contribution >= 0.6 is 11.6 Å². The summed E-state index contributed by atoms with van der Waals surface area (Å²) in [6.45, 7) is -0.111. The van der Waals surface area contributed by atoms with E-state index in [1.54, 1.807) is 24.3 Å². The molecule has 0 radical (unpaired) electrons. The number of nitrogens with one attached hydrogen (secondary N) is 2. The van der Waals surface area contributed by atoms with Crippen LogP contribution in [0.15, 0.2) is 54.6 Å². The van der Waals surface area contributed by atoms with Crippen molar-refractivity contribution in [2.45, 2.75) is 0 Å². The minimum atomic E-state index is -0.316. The number of rotatable bonds is 5. The second-order valence-corrected chi connectivity index (χ2v) is 5.09. The van der Waals surface area contributed by atoms with Gasteiger partial charge in [0.2, 0.25) is 11.8 Å². The van der Waals surface area contributed by atoms with Gasteiger partial charge in [0.15, 0.2) is 0 Å². The number of hydrogen-bond donors (Lipinski definition) is 3. The summed E-state index contributed by atoms with van der Waals surface area (Å²) in [4.78, 5) is 23.1. The number of hydrogen-bond acceptors (Lipinski definition) is 3. The summed E-state index contributed by atoms with van der Waals surface area (Å²) in [6, 6.07) is 14.3. The van der Waals surface area contributed by atoms with Crippen molar-refractivity contribution in [1.29, 1.82) is 0 Å². The molecule has 23 heavy (non-hydrogen) atoms. The van der Waals surface area contributed by atoms with E-state index in [2.05, 4.69) is 10.6 Å². The fourth-order valence-electron chi connectivity index (χ4n) is 1.82. The van der Waals surface area contributed by atoms with E-state index in [1.165, 1.54) is 6.08 Å². The third-order valence-corrected chi connectivity index (χ3v) is 3.24. The van der Waals surface area contributed by atoms with Gasteiger partial charge in [0, 0.05) is 11.8 Å². The van der Waals surface area contributed by atoms with E-state index in [1.807, 2.05) is 30.3 Å². The quantitative estimate of drug-likeness (QED) is 0.737. The number of benzene rings is 2. The molecular formula is C17H16ClN3O2. The Labute approximate surface area is 139 Å². The maximum absolute atomic E-state index is 11.9. The molecule has 5 nitrogen and oxygen atoms in total. The van der Waals surface area contributed by atoms with Gasteiger partial charge in [-0.25, -0.2) is 0 Å². The molecule has 0 aliphatic heterocycles. The Hall–Kier alpha value is -2.63. The van der Waals surface area contributed by atoms with Crippen LogP contribution in [-0.4, -0.2) is 18.4 Å². The lowest BCUT2D eigenvalue weighted by Gasteiger charge is -2.08. The first-order chi connectivity index (χ1) is 11.1. The third-order valence-electron chi connectivity index (χ3n) is 2.92. The predicted molar refractivity (Wildman–Crippen MR) is 93.2 cm³/mol. The molecule has 0 spiro atoms. The molecule has 0 unspecified atom stereocenters. The average molecular weight is 330 g/mol. The first-order valence-corrected chi connectivity index (χ1v) is 7.30. The largest absolute Gasteiger partial charge is 0.325 e. The van der Waals surface area contributed by atoms with Crippen molar-refractivity contribution in [1.82, 2.24) is 0 Å². The molecule has 0 saturated carbocycles. The van der Waals surface area contributed by atoms with Crippen LogP contribution in [0.4, 0.5) is 11.4 Å². The molecule has 0 aromatic heterocycles. The van der Waals surface area contributed by atoms with Crippen molar-refractivity contribution in [3.8, 4) is 0 Å². The monoisotopic (exact) mass is 329 g/mol. The second-order valence-electron chi connectivity index (χ2n) is 4.68. The SMILES string of the molecule is NCC(=O)Nc1ccc(NC(=O)/C=C/c2ccccc2)c(Cl)c1. The standard InChI is InChI=1S/C17H16ClN3O2/c18-14-10-13(20-17(23)11-19)7-8-15(14)21-16(22)9-6-12-4-2-1-3-5-12/h1-10H,11,19H2,(H,20,23)(H,21,22)/b9-6+. The lowest BCUT2D eigenvalue weighted by Crippen LogP contribution is -2.21. The van der Waals surface area contributed by atoms with Crippen molar-refractivity contribution in [3.63, 3.8) is 0 Å². The smallest absolute Gasteiger partial charge is 0.248 e. The second kappa shape index (κ2) is 8.12. The van der Waals surface area contributed by atoms with E-state index < -0.39 is 0 Å². The fraction of sp³-hybridized carbons (Fsp3) is 0.0588. The highest BCUT2D eigenvalue weighted by Crippen LogP contribution is 2.25. The molecule has 0 bridgehead atoms. The molecule has 0 heterocycles. The molecule has 6 heteroatoms. The van der Waals surface area contributed by atoms with E-state index in [-0.39, 0.29) is 18.4 Å². The first kappa shape index (κ1) is 16.7. The summed E-state index contributed by atoms with van der Waals surface area (Å²) in [6.07, 6.45) is 3.13. The number of anilines is 2. The number of halogens is 1. The maximum atomic E-state index is 11.9. The van der Waals surface area contributed by atoms with Gasteiger partial charge in [-0.1, -0.05) is 41.9 Å². The molecule has 2 amide bonds. The Bertz CT molecular complexity index is 730. The summed E-state index contributed by atoms with van der Waals surface area (Å²) in [5.74, 6) is -0.613. The van der Waals surface area contributed by atoms with Gasteiger partial charge in [-0.3, -0.25) is 9.59 Å². The van der Waals surface area contributed by atoms with Gasteiger partial charge in [-0.2, -0.15) is 0 Å². The molecule has 118 valence electrons. The zero-order valence-corrected chi connectivity index (χ0v) is 13.0. The first-order valence-electron chi connectivity index (χ1n) is 6.92. The van der Waals surface area contributed by atoms with Gasteiger partial charge in [-0.05, 0) is 29.8 Å². The summed E-state index contributed by atoms with van der Waals surface area (Å²) in [7, 11) is 0. The van der Waals surface area contributed by atoms with E-state index in [9.17, 15) is 9.59 Å². The van der Waals surface area contributed by atoms with Gasteiger partial charge in [0.25, 0.3) is 0 Å². The maximum Gasteiger partial charge on any atom is 0.248 e. The molecule has 0 saturated heterocycles. The summed E-state index contributed by atoms with van der Waals surface area (Å²) in [5.41, 5.74) is 7.13. The Morgan fingerprint density at radius 2 is 1.83 bits per heavy atom. The minimum absolute atomic E-state index is 0.111. The zero-order valence-electron chi connectivity index (χ0n) is 12.3. The van der Waals surface area contributed by atoms with Gasteiger partial charge in [0.05, 0.1) is 17.3 Å². The summed E-state index contributed by atoms with van der Waals surface area (Å²) in [5, 5.41) is 5.59. The fourth-order valence-corrected chi connectivity index (χ4v) is 2.04. The van der Waals surface area contributed by atoms with Crippen molar-refractivity contribution >= 4 is 40.9 Å². The van der Waals surface area contributed by atoms with E-state index in [0.29, 0.717) is 16.4 Å². The molecule has 0 aliphatic rings. The predicted octanol–water partition coefficient (Wildman–Crippen LogP) is 2.89. The molecule has 2 aromatic carbocycles. The van der Waals surface area contributed by atoms with Crippen LogP contribution in [-0.2, 0) is 9.59 Å². The summed E-state index contributed by atoms with van der Waals surface area (Å²) >= 11 is 6.10. The highest BCUT2D eigenvalue weighted by atomic mass is 35.5. The van der Waals surface area contributed by atoms with Crippen LogP contribution in [0.25, 0.3) is 6.08 Å². The molecule has 2 rings (SSSR count). The van der Waals surface area contributed by atoms with Crippen molar-refractivity contribution in [2.24, 2.45) is 5.73 Å². The number of nitrogens with two attached hydrogens (primary N) is 1. The normalized spacial score (nSPS) is 10.5. The zero-order chi connectivity index (χ0) is 16.7. The molecule has 0 atom stereocenters. The Morgan fingerprint density at radius 1 is 1.09 bits per heavy atom. The van der Waals surface area contributed by atoms with Gasteiger partial charge in [0.1, 0.15) is 0 Å². The van der Waals surface area contributed by atoms with Gasteiger partial charge < -0.3 is 16.4 Å². The van der Waals surface area contributed by atoms with Crippen molar-refractivity contribution in [3.05, 3.63) is 65.2 Å². The van der Waals surface area contributed by atoms with Crippen molar-refractivity contribution in [2.75, 3.05) is 17.2 Å². The molecule has 0 aliphatic carbocycles. The highest BCUT2D eigenvalue weighted by molar-refractivity contribution is 6.34. The van der Waals surface area contributed by atoms with Gasteiger partial charge in [-0.15, -0.1) is 0 Å². The summed E-state index contributed by atoms with van der Waals surface area (Å²) < 4.78 is 0. The average Bonchev–Trinajstić information content (AvgIpc) is 2.56. The Morgan fingerprint density at radius 3 is 2.48 bits per heavy atom. The van der Waals surface area contributed by atoms with E-state index in [4.69, 9.17) is 17.3 Å². The number of amides is 2. The molecular weight excluding hydrogens is 314 g/mol. The van der Waals surface area contributed by atoms with E-state index in [0.717, 1.165) is 5.56 Å². The Balaban J connectivity index is 2.01. The van der Waals surface area contributed by atoms with Crippen LogP contribution in [0, 0.1) is 0 Å². The van der Waals surface area contributed by atoms with E-state index >= 15 is 0 Å². The molecule has 4 N–H and O–H groups in total. The van der Waals surface area contributed by atoms with Crippen molar-refractivity contribution < 1.29 is 9.59 Å². The number of carbonyl (C=O) groups excluding carboxylic acids is 2. The topological polar surface area (TPSA) is 84.2 Å². The molecule has 2 aromatic rings. The van der Waals surface area contributed by atoms with Crippen LogP contribution in [0.2, 0.25) is 5.02 Å². The number of carbonyl (C=O) groups is 2. The Kier molecular flexibility index (Phi) is 5.91. The highest BCUT2D eigenvalue weighted by Gasteiger charge is 2.06. The lowest BCUT2D eigenvalue weighted by molar-refractivity contribution is -0.115.